The minimum atomic E-state index is -3.74. The van der Waals surface area contributed by atoms with Crippen molar-refractivity contribution in [3.8, 4) is 0 Å². The molecule has 0 saturated carbocycles. The molecule has 10 heteroatoms. The zero-order valence-electron chi connectivity index (χ0n) is 23.8. The summed E-state index contributed by atoms with van der Waals surface area (Å²) in [4.78, 5) is 29.4. The maximum atomic E-state index is 14.0. The maximum absolute atomic E-state index is 14.0. The Morgan fingerprint density at radius 1 is 0.907 bits per heavy atom. The molecule has 2 amide bonds. The van der Waals surface area contributed by atoms with Gasteiger partial charge < -0.3 is 10.2 Å². The second-order valence-electron chi connectivity index (χ2n) is 10.6. The van der Waals surface area contributed by atoms with Crippen molar-refractivity contribution in [2.45, 2.75) is 50.1 Å². The van der Waals surface area contributed by atoms with Crippen molar-refractivity contribution in [3.05, 3.63) is 106 Å². The summed E-state index contributed by atoms with van der Waals surface area (Å²) in [5, 5.41) is 5.27. The van der Waals surface area contributed by atoms with Crippen LogP contribution in [0.1, 0.15) is 37.3 Å². The molecule has 0 radical (unpaired) electrons. The van der Waals surface area contributed by atoms with Crippen LogP contribution in [0, 0.1) is 0 Å². The summed E-state index contributed by atoms with van der Waals surface area (Å²) >= 11 is 12.4. The van der Waals surface area contributed by atoms with E-state index in [0.717, 1.165) is 22.9 Å². The number of hydrogen-bond acceptors (Lipinski definition) is 4. The second kappa shape index (κ2) is 13.4. The molecular formula is C33H33Cl2N3O4S. The fourth-order valence-corrected chi connectivity index (χ4v) is 7.54. The molecule has 1 aliphatic rings. The fourth-order valence-electron chi connectivity index (χ4n) is 5.47. The largest absolute Gasteiger partial charge is 0.354 e. The summed E-state index contributed by atoms with van der Waals surface area (Å²) in [6.07, 6.45) is 1.40. The highest BCUT2D eigenvalue weighted by Crippen LogP contribution is 2.42. The molecule has 0 spiro atoms. The van der Waals surface area contributed by atoms with Crippen LogP contribution in [-0.2, 0) is 32.6 Å². The number of carbonyl (C=O) groups is 2. The first-order valence-corrected chi connectivity index (χ1v) is 16.5. The summed E-state index contributed by atoms with van der Waals surface area (Å²) < 4.78 is 28.2. The van der Waals surface area contributed by atoms with Gasteiger partial charge in [0, 0.05) is 37.9 Å². The van der Waals surface area contributed by atoms with Crippen molar-refractivity contribution in [3.63, 3.8) is 0 Å². The molecule has 0 aromatic heterocycles. The molecule has 0 saturated heterocycles. The lowest BCUT2D eigenvalue weighted by Gasteiger charge is -2.32. The maximum Gasteiger partial charge on any atom is 0.265 e. The summed E-state index contributed by atoms with van der Waals surface area (Å²) in [5.74, 6) is -0.505. The molecule has 1 unspecified atom stereocenters. The number of sulfonamides is 1. The molecule has 1 heterocycles. The number of nitrogens with one attached hydrogen (secondary N) is 1. The van der Waals surface area contributed by atoms with Gasteiger partial charge in [0.25, 0.3) is 10.0 Å². The monoisotopic (exact) mass is 637 g/mol. The Bertz CT molecular complexity index is 1740. The van der Waals surface area contributed by atoms with Crippen LogP contribution < -0.4 is 9.62 Å². The number of carbonyl (C=O) groups excluding carboxylic acids is 2. The molecule has 4 aromatic carbocycles. The van der Waals surface area contributed by atoms with E-state index in [1.807, 2.05) is 55.5 Å². The van der Waals surface area contributed by atoms with Gasteiger partial charge in [0.2, 0.25) is 11.8 Å². The molecule has 5 rings (SSSR count). The second-order valence-corrected chi connectivity index (χ2v) is 13.2. The van der Waals surface area contributed by atoms with Crippen LogP contribution in [0.5, 0.6) is 0 Å². The predicted octanol–water partition coefficient (Wildman–Crippen LogP) is 6.60. The van der Waals surface area contributed by atoms with E-state index in [4.69, 9.17) is 23.2 Å². The topological polar surface area (TPSA) is 86.8 Å². The first kappa shape index (κ1) is 30.9. The zero-order valence-corrected chi connectivity index (χ0v) is 26.1. The van der Waals surface area contributed by atoms with E-state index >= 15 is 0 Å². The first-order valence-electron chi connectivity index (χ1n) is 14.3. The number of anilines is 1. The predicted molar refractivity (Wildman–Crippen MR) is 172 cm³/mol. The number of amides is 2. The third-order valence-corrected chi connectivity index (χ3v) is 10.2. The Balaban J connectivity index is 1.40. The Morgan fingerprint density at radius 2 is 1.65 bits per heavy atom. The lowest BCUT2D eigenvalue weighted by Crippen LogP contribution is -2.50. The lowest BCUT2D eigenvalue weighted by atomic mass is 10.0. The van der Waals surface area contributed by atoms with Gasteiger partial charge in [-0.1, -0.05) is 90.8 Å². The van der Waals surface area contributed by atoms with Crippen LogP contribution in [0.2, 0.25) is 10.0 Å². The summed E-state index contributed by atoms with van der Waals surface area (Å²) in [5.41, 5.74) is 2.27. The summed E-state index contributed by atoms with van der Waals surface area (Å²) in [6, 6.07) is 24.7. The number of benzene rings is 4. The molecule has 43 heavy (non-hydrogen) atoms. The van der Waals surface area contributed by atoms with Gasteiger partial charge in [-0.25, -0.2) is 8.42 Å². The Morgan fingerprint density at radius 3 is 2.37 bits per heavy atom. The minimum absolute atomic E-state index is 0.0476. The van der Waals surface area contributed by atoms with Crippen molar-refractivity contribution in [2.24, 2.45) is 0 Å². The molecule has 224 valence electrons. The Kier molecular flexibility index (Phi) is 9.59. The van der Waals surface area contributed by atoms with Crippen LogP contribution in [0.25, 0.3) is 10.8 Å². The van der Waals surface area contributed by atoms with Crippen LogP contribution in [0.15, 0.2) is 89.8 Å². The van der Waals surface area contributed by atoms with Crippen molar-refractivity contribution in [1.29, 1.82) is 0 Å². The lowest BCUT2D eigenvalue weighted by molar-refractivity contribution is -0.141. The quantitative estimate of drug-likeness (QED) is 0.190. The number of hydrogen-bond donors (Lipinski definition) is 1. The van der Waals surface area contributed by atoms with Crippen molar-refractivity contribution < 1.29 is 18.0 Å². The van der Waals surface area contributed by atoms with Crippen molar-refractivity contribution in [1.82, 2.24) is 10.2 Å². The molecule has 4 aromatic rings. The summed E-state index contributed by atoms with van der Waals surface area (Å²) in [7, 11) is -3.74. The molecular weight excluding hydrogens is 605 g/mol. The molecule has 7 nitrogen and oxygen atoms in total. The number of nitrogens with zero attached hydrogens (tertiary/aromatic N) is 2. The average molecular weight is 639 g/mol. The van der Waals surface area contributed by atoms with Crippen LogP contribution >= 0.6 is 23.2 Å². The van der Waals surface area contributed by atoms with Gasteiger partial charge in [0.05, 0.1) is 20.6 Å². The van der Waals surface area contributed by atoms with Crippen LogP contribution in [0.4, 0.5) is 5.69 Å². The van der Waals surface area contributed by atoms with Crippen LogP contribution in [-0.4, -0.2) is 44.3 Å². The van der Waals surface area contributed by atoms with Crippen LogP contribution in [0.3, 0.4) is 0 Å². The normalized spacial score (nSPS) is 14.1. The van der Waals surface area contributed by atoms with Gasteiger partial charge in [-0.05, 0) is 53.6 Å². The van der Waals surface area contributed by atoms with E-state index in [1.165, 1.54) is 4.31 Å². The smallest absolute Gasteiger partial charge is 0.265 e. The van der Waals surface area contributed by atoms with Gasteiger partial charge in [0.1, 0.15) is 6.04 Å². The first-order chi connectivity index (χ1) is 20.7. The Labute approximate surface area is 262 Å². The van der Waals surface area contributed by atoms with Gasteiger partial charge in [-0.15, -0.1) is 0 Å². The SMILES string of the molecule is CCCNC(=O)C(Cc1ccccc1)N(Cc1ccc(Cl)c(Cl)c1)C(=O)CCCN1c2cccc3cccc(c23)S1(=O)=O. The van der Waals surface area contributed by atoms with Gasteiger partial charge in [-0.2, -0.15) is 0 Å². The number of halogens is 2. The zero-order chi connectivity index (χ0) is 30.6. The van der Waals surface area contributed by atoms with Crippen molar-refractivity contribution >= 4 is 61.5 Å². The highest BCUT2D eigenvalue weighted by molar-refractivity contribution is 7.93. The third kappa shape index (κ3) is 6.66. The van der Waals surface area contributed by atoms with E-state index in [2.05, 4.69) is 5.32 Å². The van der Waals surface area contributed by atoms with E-state index in [9.17, 15) is 18.0 Å². The van der Waals surface area contributed by atoms with Gasteiger partial charge in [0.15, 0.2) is 0 Å². The van der Waals surface area contributed by atoms with E-state index < -0.39 is 16.1 Å². The highest BCUT2D eigenvalue weighted by Gasteiger charge is 2.36. The molecule has 0 fully saturated rings. The van der Waals surface area contributed by atoms with Gasteiger partial charge in [-0.3, -0.25) is 13.9 Å². The molecule has 0 bridgehead atoms. The fraction of sp³-hybridized carbons (Fsp3) is 0.273. The molecule has 1 N–H and O–H groups in total. The van der Waals surface area contributed by atoms with Crippen molar-refractivity contribution in [2.75, 3.05) is 17.4 Å². The van der Waals surface area contributed by atoms with Gasteiger partial charge >= 0.3 is 0 Å². The molecule has 0 aliphatic carbocycles. The highest BCUT2D eigenvalue weighted by atomic mass is 35.5. The standard InChI is InChI=1S/C33H33Cl2N3O4S/c1-2-18-36-33(40)29(21-23-9-4-3-5-10-23)37(22-24-16-17-26(34)27(35)20-24)31(39)15-8-19-38-28-13-6-11-25-12-7-14-30(32(25)28)43(38,41)42/h3-7,9-14,16-17,20,29H,2,8,15,18-19,21-22H2,1H3,(H,36,40). The molecule has 1 atom stereocenters. The molecule has 1 aliphatic heterocycles. The average Bonchev–Trinajstić information content (AvgIpc) is 3.23. The van der Waals surface area contributed by atoms with E-state index in [-0.39, 0.29) is 42.6 Å². The van der Waals surface area contributed by atoms with E-state index in [1.54, 1.807) is 41.3 Å². The third-order valence-electron chi connectivity index (χ3n) is 7.59. The minimum Gasteiger partial charge on any atom is -0.354 e. The summed E-state index contributed by atoms with van der Waals surface area (Å²) in [6.45, 7) is 2.72. The van der Waals surface area contributed by atoms with E-state index in [0.29, 0.717) is 34.1 Å². The Hall–Kier alpha value is -3.59. The number of rotatable bonds is 12.